The minimum absolute atomic E-state index is 0.00712. The van der Waals surface area contributed by atoms with Gasteiger partial charge in [0.25, 0.3) is 0 Å². The van der Waals surface area contributed by atoms with Crippen LogP contribution in [0.4, 0.5) is 0 Å². The Balaban J connectivity index is 2.19. The number of rotatable bonds is 44. The first-order valence-corrected chi connectivity index (χ1v) is 23.5. The molecule has 6 amide bonds. The molecule has 0 saturated carbocycles. The van der Waals surface area contributed by atoms with Gasteiger partial charge in [0.1, 0.15) is 18.7 Å². The second-order valence-corrected chi connectivity index (χ2v) is 16.5. The Bertz CT molecular complexity index is 1640. The Kier molecular flexibility index (Phi) is 33.8. The van der Waals surface area contributed by atoms with Crippen LogP contribution in [0.3, 0.4) is 0 Å². The van der Waals surface area contributed by atoms with E-state index in [4.69, 9.17) is 30.5 Å². The lowest BCUT2D eigenvalue weighted by molar-refractivity contribution is -0.143. The number of ether oxygens (including phenoxy) is 2. The summed E-state index contributed by atoms with van der Waals surface area (Å²) in [5.74, 6) is -8.41. The number of aryl methyl sites for hydroxylation is 1. The van der Waals surface area contributed by atoms with Crippen LogP contribution in [0.5, 0.6) is 0 Å². The number of hydrogen-bond acceptors (Lipinski definition) is 15. The third-order valence-corrected chi connectivity index (χ3v) is 10.4. The fourth-order valence-electron chi connectivity index (χ4n) is 6.75. The van der Waals surface area contributed by atoms with Crippen LogP contribution in [0, 0.1) is 5.92 Å². The summed E-state index contributed by atoms with van der Waals surface area (Å²) in [5, 5.41) is 53.6. The van der Waals surface area contributed by atoms with Crippen LogP contribution >= 0.6 is 0 Å². The van der Waals surface area contributed by atoms with Crippen molar-refractivity contribution in [2.75, 3.05) is 65.7 Å². The summed E-state index contributed by atoms with van der Waals surface area (Å²) in [7, 11) is 0. The maximum absolute atomic E-state index is 13.2. The van der Waals surface area contributed by atoms with Crippen LogP contribution in [-0.4, -0.2) is 172 Å². The third-order valence-electron chi connectivity index (χ3n) is 10.4. The number of amides is 6. The van der Waals surface area contributed by atoms with Gasteiger partial charge >= 0.3 is 17.9 Å². The minimum atomic E-state index is -1.55. The number of nitrogens with zero attached hydrogens (tertiary/aromatic N) is 4. The molecule has 0 bridgehead atoms. The highest BCUT2D eigenvalue weighted by Crippen LogP contribution is 2.13. The predicted molar refractivity (Wildman–Crippen MR) is 243 cm³/mol. The molecule has 1 aromatic rings. The van der Waals surface area contributed by atoms with Crippen LogP contribution in [0.2, 0.25) is 0 Å². The summed E-state index contributed by atoms with van der Waals surface area (Å²) in [6.07, 6.45) is 16.9. The van der Waals surface area contributed by atoms with Crippen molar-refractivity contribution < 1.29 is 67.9 Å². The molecule has 0 radical (unpaired) electrons. The lowest BCUT2D eigenvalue weighted by Crippen LogP contribution is -2.57. The molecule has 0 unspecified atom stereocenters. The molecule has 0 spiro atoms. The quantitative estimate of drug-likeness (QED) is 0.0378. The van der Waals surface area contributed by atoms with Crippen LogP contribution in [0.15, 0.2) is 0 Å². The van der Waals surface area contributed by atoms with Crippen molar-refractivity contribution >= 4 is 53.4 Å². The number of carbonyl (C=O) groups excluding carboxylic acids is 6. The maximum Gasteiger partial charge on any atom is 0.317 e. The van der Waals surface area contributed by atoms with E-state index in [2.05, 4.69) is 47.2 Å². The topological polar surface area (TPSA) is 377 Å². The molecule has 1 rings (SSSR count). The number of tetrazole rings is 1. The van der Waals surface area contributed by atoms with Gasteiger partial charge in [0.15, 0.2) is 5.82 Å². The second kappa shape index (κ2) is 38.2. The van der Waals surface area contributed by atoms with E-state index < -0.39 is 98.0 Å². The number of aliphatic carboxylic acids is 3. The highest BCUT2D eigenvalue weighted by Gasteiger charge is 2.29. The Labute approximate surface area is 396 Å². The molecular formula is C43H75N11O14. The van der Waals surface area contributed by atoms with Gasteiger partial charge in [-0.3, -0.25) is 48.1 Å². The third kappa shape index (κ3) is 33.6. The molecular weight excluding hydrogens is 895 g/mol. The number of carbonyl (C=O) groups is 9. The second-order valence-electron chi connectivity index (χ2n) is 16.5. The molecule has 25 heteroatoms. The number of H-pyrrole nitrogens is 1. The summed E-state index contributed by atoms with van der Waals surface area (Å²) in [5.41, 5.74) is 5.50. The van der Waals surface area contributed by atoms with E-state index in [1.807, 2.05) is 0 Å². The monoisotopic (exact) mass is 970 g/mol. The molecule has 68 heavy (non-hydrogen) atoms. The number of aromatic nitrogens is 4. The van der Waals surface area contributed by atoms with Crippen molar-refractivity contribution in [1.82, 2.24) is 52.1 Å². The van der Waals surface area contributed by atoms with Gasteiger partial charge in [0, 0.05) is 38.4 Å². The highest BCUT2D eigenvalue weighted by atomic mass is 16.5. The van der Waals surface area contributed by atoms with Gasteiger partial charge in [-0.1, -0.05) is 82.8 Å². The Morgan fingerprint density at radius 1 is 0.618 bits per heavy atom. The van der Waals surface area contributed by atoms with Crippen molar-refractivity contribution in [3.8, 4) is 0 Å². The van der Waals surface area contributed by atoms with E-state index in [1.165, 1.54) is 64.7 Å². The summed E-state index contributed by atoms with van der Waals surface area (Å²) in [6, 6.07) is -2.78. The molecule has 0 aliphatic heterocycles. The molecule has 11 N–H and O–H groups in total. The minimum Gasteiger partial charge on any atom is -0.481 e. The van der Waals surface area contributed by atoms with E-state index in [-0.39, 0.29) is 38.7 Å². The van der Waals surface area contributed by atoms with Gasteiger partial charge < -0.3 is 57.1 Å². The number of unbranched alkanes of at least 4 members (excludes halogenated alkanes) is 13. The molecule has 0 aromatic carbocycles. The number of primary amides is 1. The van der Waals surface area contributed by atoms with E-state index in [0.717, 1.165) is 42.8 Å². The number of nitrogens with one attached hydrogen (secondary N) is 6. The SMILES string of the molecule is C[C@@H](CC(=O)O)C(=O)N[C@@H](CNC(=O)CN(CC(=O)O)CC(=O)O)C(=O)N[C@@H](CCCCNC(=O)COCCOCCNC(=O)CCCCCCCCCCCCCCCc1nn[nH]n1)C(N)=O. The van der Waals surface area contributed by atoms with E-state index in [9.17, 15) is 43.2 Å². The Morgan fingerprint density at radius 2 is 1.19 bits per heavy atom. The normalized spacial score (nSPS) is 12.4. The fraction of sp³-hybridized carbons (Fsp3) is 0.767. The van der Waals surface area contributed by atoms with Gasteiger partial charge in [-0.05, 0) is 32.1 Å². The lowest BCUT2D eigenvalue weighted by Gasteiger charge is -2.24. The molecule has 386 valence electrons. The molecule has 25 nitrogen and oxygen atoms in total. The average Bonchev–Trinajstić information content (AvgIpc) is 3.79. The van der Waals surface area contributed by atoms with Gasteiger partial charge in [0.2, 0.25) is 35.4 Å². The van der Waals surface area contributed by atoms with E-state index in [1.54, 1.807) is 0 Å². The largest absolute Gasteiger partial charge is 0.481 e. The van der Waals surface area contributed by atoms with Crippen molar-refractivity contribution in [1.29, 1.82) is 0 Å². The van der Waals surface area contributed by atoms with Crippen LogP contribution < -0.4 is 32.3 Å². The Morgan fingerprint density at radius 3 is 1.76 bits per heavy atom. The van der Waals surface area contributed by atoms with Crippen LogP contribution in [-0.2, 0) is 59.0 Å². The number of aromatic amines is 1. The summed E-state index contributed by atoms with van der Waals surface area (Å²) >= 11 is 0. The molecule has 1 heterocycles. The molecule has 0 saturated heterocycles. The summed E-state index contributed by atoms with van der Waals surface area (Å²) in [6.45, 7) is -0.497. The van der Waals surface area contributed by atoms with Gasteiger partial charge in [0.05, 0.1) is 45.9 Å². The first kappa shape index (κ1) is 60.2. The molecule has 1 aromatic heterocycles. The highest BCUT2D eigenvalue weighted by molar-refractivity contribution is 5.93. The van der Waals surface area contributed by atoms with Crippen molar-refractivity contribution in [2.24, 2.45) is 11.7 Å². The van der Waals surface area contributed by atoms with Gasteiger partial charge in [-0.2, -0.15) is 5.21 Å². The predicted octanol–water partition coefficient (Wildman–Crippen LogP) is -0.207. The molecule has 0 aliphatic rings. The van der Waals surface area contributed by atoms with E-state index >= 15 is 0 Å². The average molecular weight is 970 g/mol. The first-order valence-electron chi connectivity index (χ1n) is 23.5. The van der Waals surface area contributed by atoms with Gasteiger partial charge in [-0.25, -0.2) is 0 Å². The zero-order chi connectivity index (χ0) is 50.4. The van der Waals surface area contributed by atoms with Crippen molar-refractivity contribution in [3.05, 3.63) is 5.82 Å². The summed E-state index contributed by atoms with van der Waals surface area (Å²) in [4.78, 5) is 109. The number of carboxylic acid groups (broad SMARTS) is 3. The van der Waals surface area contributed by atoms with Gasteiger partial charge in [-0.15, -0.1) is 10.2 Å². The molecule has 3 atom stereocenters. The standard InChI is InChI=1S/C43H75N11O14/c1-31(25-38(58)59)42(65)49-33(26-47-36(56)27-54(28-39(60)61)29-40(62)63)43(66)48-32(41(44)64)17-15-16-20-45-37(57)30-68-24-23-67-22-21-46-35(55)19-14-12-10-8-6-4-2-3-5-7-9-11-13-18-34-50-52-53-51-34/h31-33H,2-30H2,1H3,(H2,44,64)(H,45,57)(H,46,55)(H,47,56)(H,48,66)(H,49,65)(H,58,59)(H,60,61)(H,62,63)(H,50,51,52,53)/t31-,32-,33-/m0/s1. The zero-order valence-electron chi connectivity index (χ0n) is 39.4. The first-order chi connectivity index (χ1) is 32.6. The van der Waals surface area contributed by atoms with E-state index in [0.29, 0.717) is 32.4 Å². The lowest BCUT2D eigenvalue weighted by atomic mass is 10.0. The van der Waals surface area contributed by atoms with Crippen molar-refractivity contribution in [3.63, 3.8) is 0 Å². The zero-order valence-corrected chi connectivity index (χ0v) is 39.4. The van der Waals surface area contributed by atoms with Crippen LogP contribution in [0.1, 0.15) is 128 Å². The maximum atomic E-state index is 13.2. The van der Waals surface area contributed by atoms with Crippen molar-refractivity contribution in [2.45, 2.75) is 141 Å². The fourth-order valence-corrected chi connectivity index (χ4v) is 6.75. The Hall–Kier alpha value is -5.82. The smallest absolute Gasteiger partial charge is 0.317 e. The number of carboxylic acids is 3. The number of nitrogens with two attached hydrogens (primary N) is 1. The van der Waals surface area contributed by atoms with Crippen LogP contribution in [0.25, 0.3) is 0 Å². The summed E-state index contributed by atoms with van der Waals surface area (Å²) < 4.78 is 10.8. The number of hydrogen-bond donors (Lipinski definition) is 10. The molecule has 0 aliphatic carbocycles. The molecule has 0 fully saturated rings.